The van der Waals surface area contributed by atoms with Crippen LogP contribution in [0.3, 0.4) is 0 Å². The van der Waals surface area contributed by atoms with Crippen LogP contribution in [0.25, 0.3) is 11.1 Å². The van der Waals surface area contributed by atoms with E-state index in [1.54, 1.807) is 12.1 Å². The molecule has 0 unspecified atom stereocenters. The molecule has 3 rings (SSSR count). The van der Waals surface area contributed by atoms with Crippen LogP contribution in [0.2, 0.25) is 0 Å². The molecular formula is C23H17F6NO2. The molecule has 0 aliphatic heterocycles. The molecule has 0 aliphatic carbocycles. The van der Waals surface area contributed by atoms with Crippen LogP contribution < -0.4 is 4.74 Å². The summed E-state index contributed by atoms with van der Waals surface area (Å²) in [5.41, 5.74) is 1.51. The van der Waals surface area contributed by atoms with E-state index in [1.165, 1.54) is 0 Å². The average molecular weight is 453 g/mol. The normalized spacial score (nSPS) is 12.5. The van der Waals surface area contributed by atoms with Crippen molar-refractivity contribution in [2.75, 3.05) is 0 Å². The van der Waals surface area contributed by atoms with Crippen LogP contribution >= 0.6 is 0 Å². The van der Waals surface area contributed by atoms with Gasteiger partial charge in [0, 0.05) is 5.56 Å². The summed E-state index contributed by atoms with van der Waals surface area (Å²) in [4.78, 5) is 5.00. The largest absolute Gasteiger partial charge is 0.573 e. The van der Waals surface area contributed by atoms with Gasteiger partial charge in [0.25, 0.3) is 0 Å². The second kappa shape index (κ2) is 9.33. The zero-order valence-corrected chi connectivity index (χ0v) is 16.7. The third kappa shape index (κ3) is 6.03. The van der Waals surface area contributed by atoms with Gasteiger partial charge in [-0.05, 0) is 53.4 Å². The first-order valence-corrected chi connectivity index (χ1v) is 9.32. The summed E-state index contributed by atoms with van der Waals surface area (Å²) in [6.07, 6.45) is -9.83. The van der Waals surface area contributed by atoms with Crippen LogP contribution in [0.15, 0.2) is 78.0 Å². The van der Waals surface area contributed by atoms with E-state index in [4.69, 9.17) is 4.84 Å². The average Bonchev–Trinajstić information content (AvgIpc) is 2.72. The van der Waals surface area contributed by atoms with Gasteiger partial charge in [0.2, 0.25) is 0 Å². The van der Waals surface area contributed by atoms with E-state index in [2.05, 4.69) is 9.89 Å². The van der Waals surface area contributed by atoms with Gasteiger partial charge in [-0.2, -0.15) is 13.2 Å². The van der Waals surface area contributed by atoms with E-state index in [1.807, 2.05) is 43.3 Å². The lowest BCUT2D eigenvalue weighted by Crippen LogP contribution is -2.24. The molecule has 0 bridgehead atoms. The molecule has 0 atom stereocenters. The Labute approximate surface area is 179 Å². The minimum absolute atomic E-state index is 0.221. The van der Waals surface area contributed by atoms with Crippen molar-refractivity contribution < 1.29 is 35.9 Å². The van der Waals surface area contributed by atoms with Gasteiger partial charge in [-0.3, -0.25) is 0 Å². The minimum atomic E-state index is -4.95. The number of halogens is 6. The molecular weight excluding hydrogens is 436 g/mol. The number of ether oxygens (including phenoxy) is 1. The Morgan fingerprint density at radius 2 is 1.47 bits per heavy atom. The lowest BCUT2D eigenvalue weighted by Gasteiger charge is -2.13. The summed E-state index contributed by atoms with van der Waals surface area (Å²) >= 11 is 0. The first kappa shape index (κ1) is 23.2. The predicted octanol–water partition coefficient (Wildman–Crippen LogP) is 7.04. The molecule has 0 aliphatic rings. The second-order valence-corrected chi connectivity index (χ2v) is 6.74. The standard InChI is InChI=1S/C23H17F6NO2/c1-15-18(8-5-9-20(15)16-6-3-2-4-7-16)14-31-30-21(22(24,25)26)17-10-12-19(13-11-17)32-23(27,28)29/h2-13H,14H2,1H3. The van der Waals surface area contributed by atoms with Gasteiger partial charge in [-0.1, -0.05) is 53.7 Å². The van der Waals surface area contributed by atoms with E-state index in [0.717, 1.165) is 41.0 Å². The molecule has 0 radical (unpaired) electrons. The fourth-order valence-electron chi connectivity index (χ4n) is 3.02. The predicted molar refractivity (Wildman–Crippen MR) is 107 cm³/mol. The molecule has 3 aromatic carbocycles. The molecule has 0 heterocycles. The van der Waals surface area contributed by atoms with Gasteiger partial charge >= 0.3 is 12.5 Å². The summed E-state index contributed by atoms with van der Waals surface area (Å²) in [7, 11) is 0. The molecule has 168 valence electrons. The minimum Gasteiger partial charge on any atom is -0.406 e. The van der Waals surface area contributed by atoms with Crippen LogP contribution in [0.4, 0.5) is 26.3 Å². The van der Waals surface area contributed by atoms with E-state index in [9.17, 15) is 26.3 Å². The van der Waals surface area contributed by atoms with Crippen LogP contribution in [0.1, 0.15) is 16.7 Å². The van der Waals surface area contributed by atoms with Gasteiger partial charge in [-0.25, -0.2) is 0 Å². The zero-order valence-electron chi connectivity index (χ0n) is 16.7. The summed E-state index contributed by atoms with van der Waals surface area (Å²) in [6.45, 7) is 1.61. The molecule has 0 saturated carbocycles. The van der Waals surface area contributed by atoms with Crippen molar-refractivity contribution in [3.63, 3.8) is 0 Å². The van der Waals surface area contributed by atoms with Crippen LogP contribution in [-0.4, -0.2) is 18.3 Å². The van der Waals surface area contributed by atoms with E-state index in [-0.39, 0.29) is 6.61 Å². The Morgan fingerprint density at radius 3 is 2.06 bits per heavy atom. The second-order valence-electron chi connectivity index (χ2n) is 6.74. The summed E-state index contributed by atoms with van der Waals surface area (Å²) in [5, 5.41) is 3.24. The third-order valence-electron chi connectivity index (χ3n) is 4.54. The van der Waals surface area contributed by atoms with Crippen LogP contribution in [-0.2, 0) is 11.4 Å². The molecule has 0 aromatic heterocycles. The lowest BCUT2D eigenvalue weighted by atomic mass is 9.97. The molecule has 3 aromatic rings. The van der Waals surface area contributed by atoms with Crippen molar-refractivity contribution in [3.05, 3.63) is 89.5 Å². The first-order chi connectivity index (χ1) is 15.0. The maximum Gasteiger partial charge on any atom is 0.573 e. The van der Waals surface area contributed by atoms with Crippen molar-refractivity contribution in [2.45, 2.75) is 26.1 Å². The van der Waals surface area contributed by atoms with Crippen molar-refractivity contribution in [2.24, 2.45) is 5.16 Å². The summed E-state index contributed by atoms with van der Waals surface area (Å²) in [5.74, 6) is -0.642. The Morgan fingerprint density at radius 1 is 0.812 bits per heavy atom. The SMILES string of the molecule is Cc1c(CON=C(c2ccc(OC(F)(F)F)cc2)C(F)(F)F)cccc1-c1ccccc1. The van der Waals surface area contributed by atoms with Gasteiger partial charge in [0.1, 0.15) is 12.4 Å². The number of oxime groups is 1. The number of nitrogens with zero attached hydrogens (tertiary/aromatic N) is 1. The molecule has 0 amide bonds. The smallest absolute Gasteiger partial charge is 0.406 e. The van der Waals surface area contributed by atoms with E-state index >= 15 is 0 Å². The number of rotatable bonds is 6. The summed E-state index contributed by atoms with van der Waals surface area (Å²) < 4.78 is 80.7. The number of hydrogen-bond acceptors (Lipinski definition) is 3. The number of benzene rings is 3. The Hall–Kier alpha value is -3.49. The molecule has 0 N–H and O–H groups in total. The van der Waals surface area contributed by atoms with Gasteiger partial charge in [0.15, 0.2) is 5.71 Å². The van der Waals surface area contributed by atoms with Crippen LogP contribution in [0, 0.1) is 6.92 Å². The molecule has 0 saturated heterocycles. The monoisotopic (exact) mass is 453 g/mol. The topological polar surface area (TPSA) is 30.8 Å². The van der Waals surface area contributed by atoms with E-state index < -0.39 is 29.6 Å². The maximum atomic E-state index is 13.4. The van der Waals surface area contributed by atoms with Crippen molar-refractivity contribution in [1.29, 1.82) is 0 Å². The zero-order chi connectivity index (χ0) is 23.4. The molecule has 9 heteroatoms. The van der Waals surface area contributed by atoms with Crippen molar-refractivity contribution in [1.82, 2.24) is 0 Å². The van der Waals surface area contributed by atoms with Crippen LogP contribution in [0.5, 0.6) is 5.75 Å². The highest BCUT2D eigenvalue weighted by molar-refractivity contribution is 6.04. The van der Waals surface area contributed by atoms with Crippen molar-refractivity contribution in [3.8, 4) is 16.9 Å². The summed E-state index contributed by atoms with van der Waals surface area (Å²) in [6, 6.07) is 18.1. The van der Waals surface area contributed by atoms with E-state index in [0.29, 0.717) is 5.56 Å². The molecule has 0 spiro atoms. The highest BCUT2D eigenvalue weighted by Crippen LogP contribution is 2.28. The highest BCUT2D eigenvalue weighted by Gasteiger charge is 2.38. The molecule has 3 nitrogen and oxygen atoms in total. The Kier molecular flexibility index (Phi) is 6.76. The maximum absolute atomic E-state index is 13.4. The molecule has 0 fully saturated rings. The lowest BCUT2D eigenvalue weighted by molar-refractivity contribution is -0.274. The highest BCUT2D eigenvalue weighted by atomic mass is 19.4. The van der Waals surface area contributed by atoms with Gasteiger partial charge in [0.05, 0.1) is 0 Å². The number of alkyl halides is 6. The van der Waals surface area contributed by atoms with Crippen molar-refractivity contribution >= 4 is 5.71 Å². The number of hydrogen-bond donors (Lipinski definition) is 0. The Bertz CT molecular complexity index is 1070. The fourth-order valence-corrected chi connectivity index (χ4v) is 3.02. The first-order valence-electron chi connectivity index (χ1n) is 9.32. The Balaban J connectivity index is 1.80. The molecule has 32 heavy (non-hydrogen) atoms. The third-order valence-corrected chi connectivity index (χ3v) is 4.54. The quantitative estimate of drug-likeness (QED) is 0.228. The van der Waals surface area contributed by atoms with Gasteiger partial charge < -0.3 is 9.57 Å². The van der Waals surface area contributed by atoms with Gasteiger partial charge in [-0.15, -0.1) is 13.2 Å². The fraction of sp³-hybridized carbons (Fsp3) is 0.174.